The second-order valence-corrected chi connectivity index (χ2v) is 9.51. The van der Waals surface area contributed by atoms with E-state index in [-0.39, 0.29) is 29.8 Å². The van der Waals surface area contributed by atoms with Gasteiger partial charge in [-0.05, 0) is 56.9 Å². The number of amides is 2. The number of aromatic nitrogens is 4. The highest BCUT2D eigenvalue weighted by Crippen LogP contribution is 2.31. The first kappa shape index (κ1) is 23.4. The van der Waals surface area contributed by atoms with E-state index >= 15 is 0 Å². The number of hydrogen-bond acceptors (Lipinski definition) is 6. The lowest BCUT2D eigenvalue weighted by molar-refractivity contribution is -0.136. The second-order valence-electron chi connectivity index (χ2n) is 9.51. The molecule has 2 unspecified atom stereocenters. The standard InChI is InChI=1S/C24H33N5O4/c1-2-24(33,19-10-12-22(31)28(15-19)14-17-7-8-17)16-29-20(13-25-27-29)6-4-3-5-18-9-11-21(30)26-23(18)32/h10,12-13,15,17-18,33H,2-9,11,14,16H2,1H3,(H,26,30,32). The summed E-state index contributed by atoms with van der Waals surface area (Å²) in [6, 6.07) is 3.25. The molecule has 33 heavy (non-hydrogen) atoms. The van der Waals surface area contributed by atoms with Crippen molar-refractivity contribution in [2.45, 2.75) is 83.4 Å². The molecule has 1 saturated carbocycles. The van der Waals surface area contributed by atoms with E-state index in [9.17, 15) is 19.5 Å². The Labute approximate surface area is 193 Å². The summed E-state index contributed by atoms with van der Waals surface area (Å²) in [5.74, 6) is 0.128. The largest absolute Gasteiger partial charge is 0.383 e. The molecule has 0 radical (unpaired) electrons. The van der Waals surface area contributed by atoms with Gasteiger partial charge in [0, 0.05) is 36.7 Å². The van der Waals surface area contributed by atoms with E-state index in [4.69, 9.17) is 0 Å². The fourth-order valence-electron chi connectivity index (χ4n) is 4.50. The predicted molar refractivity (Wildman–Crippen MR) is 121 cm³/mol. The Bertz CT molecular complexity index is 1060. The highest BCUT2D eigenvalue weighted by molar-refractivity contribution is 5.98. The summed E-state index contributed by atoms with van der Waals surface area (Å²) in [5, 5.41) is 22.1. The number of piperidine rings is 1. The molecule has 1 aliphatic heterocycles. The fraction of sp³-hybridized carbons (Fsp3) is 0.625. The topological polar surface area (TPSA) is 119 Å². The first-order valence-corrected chi connectivity index (χ1v) is 12.0. The van der Waals surface area contributed by atoms with Gasteiger partial charge in [0.25, 0.3) is 5.56 Å². The van der Waals surface area contributed by atoms with Gasteiger partial charge in [0.2, 0.25) is 11.8 Å². The molecule has 2 N–H and O–H groups in total. The van der Waals surface area contributed by atoms with Crippen molar-refractivity contribution in [2.75, 3.05) is 0 Å². The van der Waals surface area contributed by atoms with Gasteiger partial charge in [-0.2, -0.15) is 0 Å². The van der Waals surface area contributed by atoms with Crippen molar-refractivity contribution >= 4 is 11.8 Å². The molecule has 2 aliphatic rings. The van der Waals surface area contributed by atoms with Crippen LogP contribution in [0.5, 0.6) is 0 Å². The summed E-state index contributed by atoms with van der Waals surface area (Å²) in [4.78, 5) is 35.4. The molecule has 1 saturated heterocycles. The average Bonchev–Trinajstić information content (AvgIpc) is 3.51. The van der Waals surface area contributed by atoms with E-state index in [1.54, 1.807) is 27.7 Å². The lowest BCUT2D eigenvalue weighted by atomic mass is 9.91. The maximum Gasteiger partial charge on any atom is 0.250 e. The molecule has 0 aromatic carbocycles. The zero-order chi connectivity index (χ0) is 23.4. The third-order valence-corrected chi connectivity index (χ3v) is 6.96. The Morgan fingerprint density at radius 3 is 2.73 bits per heavy atom. The molecule has 2 amide bonds. The molecule has 2 atom stereocenters. The lowest BCUT2D eigenvalue weighted by Crippen LogP contribution is -2.40. The van der Waals surface area contributed by atoms with Crippen molar-refractivity contribution in [3.63, 3.8) is 0 Å². The highest BCUT2D eigenvalue weighted by atomic mass is 16.3. The van der Waals surface area contributed by atoms with Crippen LogP contribution >= 0.6 is 0 Å². The zero-order valence-corrected chi connectivity index (χ0v) is 19.2. The number of carbonyl (C=O) groups excluding carboxylic acids is 2. The number of nitrogens with zero attached hydrogens (tertiary/aromatic N) is 4. The van der Waals surface area contributed by atoms with Crippen molar-refractivity contribution in [1.29, 1.82) is 0 Å². The Morgan fingerprint density at radius 1 is 1.18 bits per heavy atom. The van der Waals surface area contributed by atoms with Gasteiger partial charge in [-0.15, -0.1) is 5.10 Å². The highest BCUT2D eigenvalue weighted by Gasteiger charge is 2.31. The molecule has 9 heteroatoms. The number of imide groups is 1. The minimum Gasteiger partial charge on any atom is -0.383 e. The summed E-state index contributed by atoms with van der Waals surface area (Å²) in [6.45, 7) is 2.88. The maximum atomic E-state index is 12.2. The van der Waals surface area contributed by atoms with Crippen LogP contribution < -0.4 is 10.9 Å². The first-order chi connectivity index (χ1) is 15.9. The Morgan fingerprint density at radius 2 is 2.00 bits per heavy atom. The monoisotopic (exact) mass is 455 g/mol. The molecule has 2 aromatic rings. The Balaban J connectivity index is 1.36. The molecule has 1 aliphatic carbocycles. The molecule has 178 valence electrons. The summed E-state index contributed by atoms with van der Waals surface area (Å²) in [7, 11) is 0. The van der Waals surface area contributed by atoms with Gasteiger partial charge < -0.3 is 9.67 Å². The van der Waals surface area contributed by atoms with E-state index < -0.39 is 5.60 Å². The van der Waals surface area contributed by atoms with Gasteiger partial charge in [0.05, 0.1) is 18.4 Å². The van der Waals surface area contributed by atoms with Gasteiger partial charge in [0.15, 0.2) is 0 Å². The van der Waals surface area contributed by atoms with Crippen LogP contribution in [-0.4, -0.2) is 36.5 Å². The van der Waals surface area contributed by atoms with Crippen LogP contribution in [0, 0.1) is 11.8 Å². The third-order valence-electron chi connectivity index (χ3n) is 6.96. The van der Waals surface area contributed by atoms with Crippen LogP contribution in [0.4, 0.5) is 0 Å². The van der Waals surface area contributed by atoms with Gasteiger partial charge >= 0.3 is 0 Å². The summed E-state index contributed by atoms with van der Waals surface area (Å²) >= 11 is 0. The number of aryl methyl sites for hydroxylation is 1. The first-order valence-electron chi connectivity index (χ1n) is 12.0. The fourth-order valence-corrected chi connectivity index (χ4v) is 4.50. The smallest absolute Gasteiger partial charge is 0.250 e. The number of hydrogen-bond donors (Lipinski definition) is 2. The van der Waals surface area contributed by atoms with Crippen molar-refractivity contribution in [3.05, 3.63) is 46.1 Å². The summed E-state index contributed by atoms with van der Waals surface area (Å²) in [6.07, 6.45) is 10.5. The van der Waals surface area contributed by atoms with E-state index in [1.165, 1.54) is 6.07 Å². The van der Waals surface area contributed by atoms with Crippen LogP contribution in [0.1, 0.15) is 69.5 Å². The minimum absolute atomic E-state index is 0.0402. The SMILES string of the molecule is CCC(O)(Cn1nncc1CCCCC1CCC(=O)NC1=O)c1ccc(=O)n(CC2CC2)c1. The molecule has 2 fully saturated rings. The average molecular weight is 456 g/mol. The van der Waals surface area contributed by atoms with E-state index in [1.807, 2.05) is 6.92 Å². The van der Waals surface area contributed by atoms with Crippen LogP contribution in [0.25, 0.3) is 0 Å². The van der Waals surface area contributed by atoms with Crippen molar-refractivity contribution in [1.82, 2.24) is 24.9 Å². The molecule has 0 spiro atoms. The second kappa shape index (κ2) is 9.99. The molecule has 9 nitrogen and oxygen atoms in total. The lowest BCUT2D eigenvalue weighted by Gasteiger charge is -2.28. The molecular weight excluding hydrogens is 422 g/mol. The van der Waals surface area contributed by atoms with Crippen LogP contribution in [0.2, 0.25) is 0 Å². The quantitative estimate of drug-likeness (QED) is 0.395. The van der Waals surface area contributed by atoms with E-state index in [2.05, 4.69) is 15.6 Å². The Hall–Kier alpha value is -2.81. The zero-order valence-electron chi connectivity index (χ0n) is 19.2. The van der Waals surface area contributed by atoms with Gasteiger partial charge in [-0.3, -0.25) is 19.7 Å². The maximum absolute atomic E-state index is 12.2. The predicted octanol–water partition coefficient (Wildman–Crippen LogP) is 1.91. The van der Waals surface area contributed by atoms with Crippen molar-refractivity contribution in [3.8, 4) is 0 Å². The van der Waals surface area contributed by atoms with Crippen LogP contribution in [0.3, 0.4) is 0 Å². The number of unbranched alkanes of at least 4 members (excludes halogenated alkanes) is 1. The summed E-state index contributed by atoms with van der Waals surface area (Å²) < 4.78 is 3.46. The molecule has 4 rings (SSSR count). The number of rotatable bonds is 11. The normalized spacial score (nSPS) is 20.5. The number of nitrogens with one attached hydrogen (secondary N) is 1. The number of aliphatic hydroxyl groups is 1. The third kappa shape index (κ3) is 5.76. The Kier molecular flexibility index (Phi) is 7.07. The van der Waals surface area contributed by atoms with Crippen molar-refractivity contribution < 1.29 is 14.7 Å². The van der Waals surface area contributed by atoms with Gasteiger partial charge in [-0.1, -0.05) is 18.6 Å². The molecule has 2 aromatic heterocycles. The number of pyridine rings is 1. The van der Waals surface area contributed by atoms with Gasteiger partial charge in [0.1, 0.15) is 5.60 Å². The van der Waals surface area contributed by atoms with Gasteiger partial charge in [-0.25, -0.2) is 4.68 Å². The number of carbonyl (C=O) groups is 2. The van der Waals surface area contributed by atoms with E-state index in [0.717, 1.165) is 44.2 Å². The van der Waals surface area contributed by atoms with E-state index in [0.29, 0.717) is 37.3 Å². The van der Waals surface area contributed by atoms with Crippen LogP contribution in [0.15, 0.2) is 29.3 Å². The molecular formula is C24H33N5O4. The molecule has 3 heterocycles. The summed E-state index contributed by atoms with van der Waals surface area (Å²) in [5.41, 5.74) is 0.441. The molecule has 0 bridgehead atoms. The van der Waals surface area contributed by atoms with Crippen molar-refractivity contribution in [2.24, 2.45) is 11.8 Å². The minimum atomic E-state index is -1.16. The van der Waals surface area contributed by atoms with Crippen LogP contribution in [-0.2, 0) is 34.7 Å².